The quantitative estimate of drug-likeness (QED) is 0.528. The Kier molecular flexibility index (Phi) is 7.25. The van der Waals surface area contributed by atoms with E-state index in [1.807, 2.05) is 54.6 Å². The number of allylic oxidation sites excluding steroid dienone is 1. The summed E-state index contributed by atoms with van der Waals surface area (Å²) in [5, 5.41) is 20.7. The number of rotatable bonds is 7. The van der Waals surface area contributed by atoms with Gasteiger partial charge in [-0.1, -0.05) is 71.9 Å². The first-order chi connectivity index (χ1) is 14.2. The van der Waals surface area contributed by atoms with Crippen molar-refractivity contribution in [3.8, 4) is 11.5 Å². The Labute approximate surface area is 186 Å². The summed E-state index contributed by atoms with van der Waals surface area (Å²) in [5.41, 5.74) is 1.23. The van der Waals surface area contributed by atoms with Gasteiger partial charge in [0.05, 0.1) is 0 Å². The van der Waals surface area contributed by atoms with E-state index in [4.69, 9.17) is 4.74 Å². The van der Waals surface area contributed by atoms with Crippen molar-refractivity contribution in [1.29, 1.82) is 0 Å². The lowest BCUT2D eigenvalue weighted by Gasteiger charge is -2.28. The van der Waals surface area contributed by atoms with Gasteiger partial charge in [-0.2, -0.15) is 0 Å². The van der Waals surface area contributed by atoms with Crippen LogP contribution in [-0.2, 0) is 15.6 Å². The average molecular weight is 425 g/mol. The molecule has 0 heterocycles. The van der Waals surface area contributed by atoms with Gasteiger partial charge in [-0.3, -0.25) is 4.79 Å². The molecule has 0 amide bonds. The Bertz CT molecular complexity index is 895. The third-order valence-corrected chi connectivity index (χ3v) is 5.44. The van der Waals surface area contributed by atoms with Gasteiger partial charge in [0.2, 0.25) is 0 Å². The number of hydrogen-bond donors (Lipinski definition) is 2. The largest absolute Gasteiger partial charge is 0.507 e. The molecule has 4 heteroatoms. The van der Waals surface area contributed by atoms with E-state index in [0.717, 1.165) is 16.7 Å². The van der Waals surface area contributed by atoms with E-state index in [0.29, 0.717) is 17.9 Å². The lowest BCUT2D eigenvalue weighted by molar-refractivity contribution is -0.149. The molecule has 0 spiro atoms. The SMILES string of the molecule is CC(C/C=C/c1cc(C(C)(C)C)c(O)c(C(C)(C)C)c1)(COc1ccccc1)C(=O)O. The summed E-state index contributed by atoms with van der Waals surface area (Å²) in [6.07, 6.45) is 4.15. The first kappa shape index (κ1) is 24.5. The number of phenolic OH excluding ortho intramolecular Hbond substituents is 1. The Morgan fingerprint density at radius 2 is 1.45 bits per heavy atom. The van der Waals surface area contributed by atoms with Crippen LogP contribution in [0.25, 0.3) is 6.08 Å². The van der Waals surface area contributed by atoms with Gasteiger partial charge >= 0.3 is 5.97 Å². The van der Waals surface area contributed by atoms with E-state index in [1.54, 1.807) is 6.92 Å². The number of hydrogen-bond acceptors (Lipinski definition) is 3. The van der Waals surface area contributed by atoms with Gasteiger partial charge < -0.3 is 14.9 Å². The zero-order chi connectivity index (χ0) is 23.4. The van der Waals surface area contributed by atoms with Crippen LogP contribution in [0.15, 0.2) is 48.5 Å². The molecule has 0 aliphatic rings. The van der Waals surface area contributed by atoms with E-state index in [-0.39, 0.29) is 17.4 Å². The summed E-state index contributed by atoms with van der Waals surface area (Å²) in [6.45, 7) is 14.2. The predicted octanol–water partition coefficient (Wildman–Crippen LogP) is 6.56. The van der Waals surface area contributed by atoms with Crippen molar-refractivity contribution in [2.45, 2.75) is 65.7 Å². The first-order valence-corrected chi connectivity index (χ1v) is 10.7. The topological polar surface area (TPSA) is 66.8 Å². The minimum absolute atomic E-state index is 0.0761. The summed E-state index contributed by atoms with van der Waals surface area (Å²) in [5.74, 6) is 0.0930. The van der Waals surface area contributed by atoms with Gasteiger partial charge in [-0.05, 0) is 54.0 Å². The second-order valence-corrected chi connectivity index (χ2v) is 10.5. The monoisotopic (exact) mass is 424 g/mol. The van der Waals surface area contributed by atoms with Crippen molar-refractivity contribution in [3.05, 3.63) is 65.2 Å². The molecule has 0 saturated carbocycles. The van der Waals surface area contributed by atoms with E-state index in [2.05, 4.69) is 41.5 Å². The number of para-hydroxylation sites is 1. The third kappa shape index (κ3) is 6.36. The van der Waals surface area contributed by atoms with Gasteiger partial charge in [0, 0.05) is 11.1 Å². The van der Waals surface area contributed by atoms with Crippen LogP contribution in [-0.4, -0.2) is 22.8 Å². The molecular weight excluding hydrogens is 388 g/mol. The minimum atomic E-state index is -1.05. The van der Waals surface area contributed by atoms with Crippen molar-refractivity contribution in [3.63, 3.8) is 0 Å². The second kappa shape index (κ2) is 9.17. The molecule has 2 aromatic rings. The van der Waals surface area contributed by atoms with E-state index in [1.165, 1.54) is 0 Å². The highest BCUT2D eigenvalue weighted by atomic mass is 16.5. The predicted molar refractivity (Wildman–Crippen MR) is 127 cm³/mol. The van der Waals surface area contributed by atoms with E-state index < -0.39 is 11.4 Å². The summed E-state index contributed by atoms with van der Waals surface area (Å²) in [4.78, 5) is 12.0. The minimum Gasteiger partial charge on any atom is -0.507 e. The summed E-state index contributed by atoms with van der Waals surface area (Å²) < 4.78 is 5.73. The smallest absolute Gasteiger partial charge is 0.313 e. The van der Waals surface area contributed by atoms with Gasteiger partial charge in [0.25, 0.3) is 0 Å². The number of benzene rings is 2. The summed E-state index contributed by atoms with van der Waals surface area (Å²) >= 11 is 0. The van der Waals surface area contributed by atoms with Crippen molar-refractivity contribution in [2.24, 2.45) is 5.41 Å². The lowest BCUT2D eigenvalue weighted by atomic mass is 9.78. The van der Waals surface area contributed by atoms with Crippen LogP contribution in [0.1, 0.15) is 71.6 Å². The molecule has 0 fully saturated rings. The first-order valence-electron chi connectivity index (χ1n) is 10.7. The molecule has 0 aliphatic heterocycles. The second-order valence-electron chi connectivity index (χ2n) is 10.5. The van der Waals surface area contributed by atoms with Crippen molar-refractivity contribution in [1.82, 2.24) is 0 Å². The van der Waals surface area contributed by atoms with Crippen LogP contribution in [0.4, 0.5) is 0 Å². The highest BCUT2D eigenvalue weighted by Crippen LogP contribution is 2.40. The van der Waals surface area contributed by atoms with E-state index >= 15 is 0 Å². The van der Waals surface area contributed by atoms with Crippen LogP contribution in [0, 0.1) is 5.41 Å². The molecule has 0 bridgehead atoms. The van der Waals surface area contributed by atoms with Gasteiger partial charge in [0.1, 0.15) is 23.5 Å². The zero-order valence-electron chi connectivity index (χ0n) is 19.8. The zero-order valence-corrected chi connectivity index (χ0v) is 19.8. The molecule has 4 nitrogen and oxygen atoms in total. The van der Waals surface area contributed by atoms with Crippen LogP contribution in [0.2, 0.25) is 0 Å². The Balaban J connectivity index is 2.29. The van der Waals surface area contributed by atoms with E-state index in [9.17, 15) is 15.0 Å². The number of carboxylic acid groups (broad SMARTS) is 1. The fourth-order valence-corrected chi connectivity index (χ4v) is 3.32. The molecule has 1 atom stereocenters. The number of carboxylic acids is 1. The molecule has 0 radical (unpaired) electrons. The Morgan fingerprint density at radius 1 is 0.935 bits per heavy atom. The fraction of sp³-hybridized carbons (Fsp3) is 0.444. The molecule has 2 rings (SSSR count). The number of aliphatic carboxylic acids is 1. The van der Waals surface area contributed by atoms with Crippen molar-refractivity contribution >= 4 is 12.0 Å². The summed E-state index contributed by atoms with van der Waals surface area (Å²) in [7, 11) is 0. The summed E-state index contributed by atoms with van der Waals surface area (Å²) in [6, 6.07) is 13.2. The molecule has 0 saturated heterocycles. The maximum absolute atomic E-state index is 12.0. The number of aromatic hydroxyl groups is 1. The molecular formula is C27H36O4. The Hall–Kier alpha value is -2.75. The standard InChI is InChI=1S/C27H36O4/c1-25(2,3)21-16-19(17-22(23(21)28)26(4,5)6)12-11-15-27(7,24(29)30)18-31-20-13-9-8-10-14-20/h8-14,16-17,28H,15,18H2,1-7H3,(H,29,30)/b12-11+. The molecule has 2 aromatic carbocycles. The van der Waals surface area contributed by atoms with Crippen molar-refractivity contribution < 1.29 is 19.7 Å². The van der Waals surface area contributed by atoms with Gasteiger partial charge in [-0.15, -0.1) is 0 Å². The normalized spacial score (nSPS) is 14.4. The van der Waals surface area contributed by atoms with Gasteiger partial charge in [-0.25, -0.2) is 0 Å². The molecule has 2 N–H and O–H groups in total. The lowest BCUT2D eigenvalue weighted by Crippen LogP contribution is -2.33. The third-order valence-electron chi connectivity index (χ3n) is 5.44. The maximum Gasteiger partial charge on any atom is 0.313 e. The van der Waals surface area contributed by atoms with Crippen LogP contribution in [0.5, 0.6) is 11.5 Å². The van der Waals surface area contributed by atoms with Gasteiger partial charge in [0.15, 0.2) is 0 Å². The molecule has 31 heavy (non-hydrogen) atoms. The average Bonchev–Trinajstić information content (AvgIpc) is 2.66. The van der Waals surface area contributed by atoms with Crippen LogP contribution in [0.3, 0.4) is 0 Å². The fourth-order valence-electron chi connectivity index (χ4n) is 3.32. The Morgan fingerprint density at radius 3 is 1.90 bits per heavy atom. The highest BCUT2D eigenvalue weighted by Gasteiger charge is 2.33. The molecule has 0 aliphatic carbocycles. The number of phenols is 1. The molecule has 0 aromatic heterocycles. The highest BCUT2D eigenvalue weighted by molar-refractivity contribution is 5.75. The van der Waals surface area contributed by atoms with Crippen LogP contribution >= 0.6 is 0 Å². The number of ether oxygens (including phenoxy) is 1. The van der Waals surface area contributed by atoms with Crippen LogP contribution < -0.4 is 4.74 Å². The van der Waals surface area contributed by atoms with Crippen molar-refractivity contribution in [2.75, 3.05) is 6.61 Å². The molecule has 168 valence electrons. The number of carbonyl (C=O) groups is 1. The molecule has 1 unspecified atom stereocenters. The maximum atomic E-state index is 12.0.